The van der Waals surface area contributed by atoms with E-state index in [9.17, 15) is 0 Å². The highest BCUT2D eigenvalue weighted by atomic mass is 16.5. The normalized spacial score (nSPS) is 10.6. The Balaban J connectivity index is 1.93. The van der Waals surface area contributed by atoms with Gasteiger partial charge in [-0.15, -0.1) is 0 Å². The summed E-state index contributed by atoms with van der Waals surface area (Å²) in [7, 11) is 1.72. The van der Waals surface area contributed by atoms with Crippen LogP contribution < -0.4 is 10.1 Å². The van der Waals surface area contributed by atoms with Crippen LogP contribution in [0.15, 0.2) is 60.7 Å². The molecule has 0 spiro atoms. The van der Waals surface area contributed by atoms with E-state index in [0.717, 1.165) is 17.7 Å². The van der Waals surface area contributed by atoms with Gasteiger partial charge in [-0.1, -0.05) is 48.5 Å². The topological polar surface area (TPSA) is 21.3 Å². The second-order valence-electron chi connectivity index (χ2n) is 5.14. The van der Waals surface area contributed by atoms with Crippen LogP contribution in [0.2, 0.25) is 0 Å². The van der Waals surface area contributed by atoms with Gasteiger partial charge in [0.25, 0.3) is 0 Å². The van der Waals surface area contributed by atoms with Gasteiger partial charge >= 0.3 is 0 Å². The lowest BCUT2D eigenvalue weighted by Gasteiger charge is -2.13. The molecule has 0 atom stereocenters. The summed E-state index contributed by atoms with van der Waals surface area (Å²) < 4.78 is 5.44. The molecule has 3 aromatic carbocycles. The minimum absolute atomic E-state index is 0.801. The second kappa shape index (κ2) is 5.88. The molecule has 0 bridgehead atoms. The second-order valence-corrected chi connectivity index (χ2v) is 5.14. The van der Waals surface area contributed by atoms with E-state index in [1.165, 1.54) is 22.2 Å². The summed E-state index contributed by atoms with van der Waals surface area (Å²) in [5.74, 6) is 0.922. The van der Waals surface area contributed by atoms with Gasteiger partial charge in [-0.2, -0.15) is 0 Å². The first-order valence-corrected chi connectivity index (χ1v) is 7.13. The number of ether oxygens (including phenoxy) is 1. The molecule has 3 aromatic rings. The van der Waals surface area contributed by atoms with Crippen LogP contribution in [0.5, 0.6) is 5.75 Å². The third-order valence-corrected chi connectivity index (χ3v) is 3.81. The maximum atomic E-state index is 5.44. The SMILES string of the molecule is COc1ccc(CNc2ccccc2C)c2ccccc12. The fourth-order valence-electron chi connectivity index (χ4n) is 2.63. The van der Waals surface area contributed by atoms with Crippen molar-refractivity contribution in [2.45, 2.75) is 13.5 Å². The van der Waals surface area contributed by atoms with Crippen LogP contribution in [0.25, 0.3) is 10.8 Å². The van der Waals surface area contributed by atoms with E-state index < -0.39 is 0 Å². The van der Waals surface area contributed by atoms with Gasteiger partial charge in [0.2, 0.25) is 0 Å². The summed E-state index contributed by atoms with van der Waals surface area (Å²) in [4.78, 5) is 0. The van der Waals surface area contributed by atoms with Crippen molar-refractivity contribution in [2.75, 3.05) is 12.4 Å². The Morgan fingerprint density at radius 1 is 0.857 bits per heavy atom. The van der Waals surface area contributed by atoms with Crippen LogP contribution in [0.4, 0.5) is 5.69 Å². The summed E-state index contributed by atoms with van der Waals surface area (Å²) in [5, 5.41) is 5.91. The number of aryl methyl sites for hydroxylation is 1. The van der Waals surface area contributed by atoms with Gasteiger partial charge in [0.1, 0.15) is 5.75 Å². The highest BCUT2D eigenvalue weighted by Crippen LogP contribution is 2.29. The molecular formula is C19H19NO. The van der Waals surface area contributed by atoms with Crippen molar-refractivity contribution >= 4 is 16.5 Å². The first-order valence-electron chi connectivity index (χ1n) is 7.13. The smallest absolute Gasteiger partial charge is 0.126 e. The molecule has 1 N–H and O–H groups in total. The minimum atomic E-state index is 0.801. The molecule has 0 aromatic heterocycles. The number of benzene rings is 3. The average Bonchev–Trinajstić information content (AvgIpc) is 2.54. The number of fused-ring (bicyclic) bond motifs is 1. The average molecular weight is 277 g/mol. The third-order valence-electron chi connectivity index (χ3n) is 3.81. The Morgan fingerprint density at radius 2 is 1.57 bits per heavy atom. The number of anilines is 1. The van der Waals surface area contributed by atoms with Crippen LogP contribution >= 0.6 is 0 Å². The van der Waals surface area contributed by atoms with Gasteiger partial charge in [-0.3, -0.25) is 0 Å². The van der Waals surface area contributed by atoms with Crippen molar-refractivity contribution in [3.05, 3.63) is 71.8 Å². The van der Waals surface area contributed by atoms with Gasteiger partial charge in [-0.05, 0) is 35.6 Å². The van der Waals surface area contributed by atoms with Crippen molar-refractivity contribution < 1.29 is 4.74 Å². The molecule has 0 fully saturated rings. The maximum absolute atomic E-state index is 5.44. The Labute approximate surface area is 125 Å². The lowest BCUT2D eigenvalue weighted by atomic mass is 10.0. The standard InChI is InChI=1S/C19H19NO/c1-14-7-3-6-10-18(14)20-13-15-11-12-19(21-2)17-9-5-4-8-16(15)17/h3-12,20H,13H2,1-2H3. The van der Waals surface area contributed by atoms with E-state index in [1.807, 2.05) is 12.1 Å². The van der Waals surface area contributed by atoms with Crippen LogP contribution in [0.3, 0.4) is 0 Å². The van der Waals surface area contributed by atoms with E-state index in [4.69, 9.17) is 4.74 Å². The lowest BCUT2D eigenvalue weighted by Crippen LogP contribution is -2.02. The maximum Gasteiger partial charge on any atom is 0.126 e. The van der Waals surface area contributed by atoms with E-state index in [1.54, 1.807) is 7.11 Å². The molecule has 0 aliphatic carbocycles. The summed E-state index contributed by atoms with van der Waals surface area (Å²) in [6, 6.07) is 20.9. The van der Waals surface area contributed by atoms with Crippen LogP contribution in [0, 0.1) is 6.92 Å². The monoisotopic (exact) mass is 277 g/mol. The number of para-hydroxylation sites is 1. The minimum Gasteiger partial charge on any atom is -0.496 e. The largest absolute Gasteiger partial charge is 0.496 e. The number of hydrogen-bond acceptors (Lipinski definition) is 2. The molecule has 21 heavy (non-hydrogen) atoms. The Hall–Kier alpha value is -2.48. The van der Waals surface area contributed by atoms with Crippen LogP contribution in [-0.4, -0.2) is 7.11 Å². The molecule has 3 rings (SSSR count). The summed E-state index contributed by atoms with van der Waals surface area (Å²) in [6.07, 6.45) is 0. The summed E-state index contributed by atoms with van der Waals surface area (Å²) >= 11 is 0. The van der Waals surface area contributed by atoms with Crippen molar-refractivity contribution in [3.8, 4) is 5.75 Å². The van der Waals surface area contributed by atoms with E-state index in [2.05, 4.69) is 60.8 Å². The van der Waals surface area contributed by atoms with Gasteiger partial charge in [0.15, 0.2) is 0 Å². The van der Waals surface area contributed by atoms with Crippen LogP contribution in [0.1, 0.15) is 11.1 Å². The summed E-state index contributed by atoms with van der Waals surface area (Å²) in [5.41, 5.74) is 3.71. The quantitative estimate of drug-likeness (QED) is 0.741. The molecule has 106 valence electrons. The Kier molecular flexibility index (Phi) is 3.78. The molecule has 0 radical (unpaired) electrons. The zero-order valence-electron chi connectivity index (χ0n) is 12.4. The van der Waals surface area contributed by atoms with E-state index in [-0.39, 0.29) is 0 Å². The van der Waals surface area contributed by atoms with Crippen molar-refractivity contribution in [1.82, 2.24) is 0 Å². The molecule has 2 nitrogen and oxygen atoms in total. The molecular weight excluding hydrogens is 258 g/mol. The fraction of sp³-hybridized carbons (Fsp3) is 0.158. The molecule has 0 aliphatic heterocycles. The van der Waals surface area contributed by atoms with E-state index >= 15 is 0 Å². The zero-order chi connectivity index (χ0) is 14.7. The molecule has 0 amide bonds. The van der Waals surface area contributed by atoms with Crippen molar-refractivity contribution in [2.24, 2.45) is 0 Å². The first kappa shape index (κ1) is 13.5. The Morgan fingerprint density at radius 3 is 2.33 bits per heavy atom. The molecule has 0 saturated carbocycles. The lowest BCUT2D eigenvalue weighted by molar-refractivity contribution is 0.419. The van der Waals surface area contributed by atoms with Gasteiger partial charge in [0.05, 0.1) is 7.11 Å². The van der Waals surface area contributed by atoms with Gasteiger partial charge < -0.3 is 10.1 Å². The van der Waals surface area contributed by atoms with E-state index in [0.29, 0.717) is 0 Å². The zero-order valence-corrected chi connectivity index (χ0v) is 12.4. The highest BCUT2D eigenvalue weighted by Gasteiger charge is 2.06. The Bertz CT molecular complexity index is 764. The van der Waals surface area contributed by atoms with Crippen LogP contribution in [-0.2, 0) is 6.54 Å². The molecule has 0 aliphatic rings. The number of methoxy groups -OCH3 is 1. The summed E-state index contributed by atoms with van der Waals surface area (Å²) in [6.45, 7) is 2.92. The highest BCUT2D eigenvalue weighted by molar-refractivity contribution is 5.91. The first-order chi connectivity index (χ1) is 10.3. The predicted octanol–water partition coefficient (Wildman–Crippen LogP) is 4.77. The third kappa shape index (κ3) is 2.70. The number of nitrogens with one attached hydrogen (secondary N) is 1. The fourth-order valence-corrected chi connectivity index (χ4v) is 2.63. The number of rotatable bonds is 4. The molecule has 0 unspecified atom stereocenters. The predicted molar refractivity (Wildman–Crippen MR) is 89.0 cm³/mol. The van der Waals surface area contributed by atoms with Gasteiger partial charge in [0, 0.05) is 17.6 Å². The van der Waals surface area contributed by atoms with Crippen molar-refractivity contribution in [3.63, 3.8) is 0 Å². The molecule has 0 saturated heterocycles. The number of hydrogen-bond donors (Lipinski definition) is 1. The van der Waals surface area contributed by atoms with Gasteiger partial charge in [-0.25, -0.2) is 0 Å². The molecule has 2 heteroatoms. The molecule has 0 heterocycles. The van der Waals surface area contributed by atoms with Crippen molar-refractivity contribution in [1.29, 1.82) is 0 Å².